The Hall–Kier alpha value is -1.44. The number of carbonyl (C=O) groups excluding carboxylic acids is 1. The Morgan fingerprint density at radius 2 is 2.21 bits per heavy atom. The number of nitrogens with two attached hydrogens (primary N) is 1. The van der Waals surface area contributed by atoms with Gasteiger partial charge in [0.2, 0.25) is 5.91 Å². The highest BCUT2D eigenvalue weighted by Gasteiger charge is 2.18. The van der Waals surface area contributed by atoms with Gasteiger partial charge in [-0.05, 0) is 12.1 Å². The number of carboxylic acids is 1. The van der Waals surface area contributed by atoms with E-state index >= 15 is 0 Å². The number of ether oxygens (including phenoxy) is 1. The number of methoxy groups -OCH3 is 1. The molecule has 0 bridgehead atoms. The van der Waals surface area contributed by atoms with E-state index in [0.29, 0.717) is 12.3 Å². The molecular weight excluding hydrogens is 316 g/mol. The predicted octanol–water partition coefficient (Wildman–Crippen LogP) is 1.34. The average Bonchev–Trinajstić information content (AvgIpc) is 2.32. The van der Waals surface area contributed by atoms with Crippen LogP contribution in [0.4, 0.5) is 5.69 Å². The minimum absolute atomic E-state index is 0.311. The first kappa shape index (κ1) is 15.6. The molecule has 0 saturated carbocycles. The summed E-state index contributed by atoms with van der Waals surface area (Å²) in [5, 5.41) is 11.2. The van der Waals surface area contributed by atoms with E-state index in [1.807, 2.05) is 6.07 Å². The normalized spacial score (nSPS) is 11.9. The quantitative estimate of drug-likeness (QED) is 0.730. The number of hydrogen-bond acceptors (Lipinski definition) is 4. The number of carboxylic acid groups (broad SMARTS) is 1. The summed E-state index contributed by atoms with van der Waals surface area (Å²) in [7, 11) is 1.54. The molecule has 0 radical (unpaired) electrons. The highest BCUT2D eigenvalue weighted by atomic mass is 79.9. The van der Waals surface area contributed by atoms with Crippen LogP contribution in [0.3, 0.4) is 0 Å². The highest BCUT2D eigenvalue weighted by molar-refractivity contribution is 9.10. The zero-order chi connectivity index (χ0) is 14.4. The molecule has 1 aromatic carbocycles. The van der Waals surface area contributed by atoms with E-state index in [0.717, 1.165) is 10.0 Å². The molecule has 0 aliphatic carbocycles. The van der Waals surface area contributed by atoms with Gasteiger partial charge in [-0.2, -0.15) is 0 Å². The topological polar surface area (TPSA) is 102 Å². The van der Waals surface area contributed by atoms with Gasteiger partial charge in [0.15, 0.2) is 0 Å². The van der Waals surface area contributed by atoms with Crippen LogP contribution in [-0.2, 0) is 20.9 Å². The molecule has 1 amide bonds. The van der Waals surface area contributed by atoms with Gasteiger partial charge in [-0.1, -0.05) is 22.0 Å². The number of benzene rings is 1. The molecule has 0 spiro atoms. The van der Waals surface area contributed by atoms with Crippen molar-refractivity contribution in [3.63, 3.8) is 0 Å². The fourth-order valence-corrected chi connectivity index (χ4v) is 1.95. The number of amides is 1. The van der Waals surface area contributed by atoms with Gasteiger partial charge < -0.3 is 20.9 Å². The predicted molar refractivity (Wildman–Crippen MR) is 73.7 cm³/mol. The Bertz CT molecular complexity index is 479. The summed E-state index contributed by atoms with van der Waals surface area (Å²) in [6.45, 7) is 0.311. The minimum atomic E-state index is -1.12. The monoisotopic (exact) mass is 330 g/mol. The molecule has 0 heterocycles. The fraction of sp³-hybridized carbons (Fsp3) is 0.333. The second kappa shape index (κ2) is 7.22. The summed E-state index contributed by atoms with van der Waals surface area (Å²) in [4.78, 5) is 22.3. The Kier molecular flexibility index (Phi) is 5.94. The van der Waals surface area contributed by atoms with E-state index in [1.165, 1.54) is 0 Å². The second-order valence-corrected chi connectivity index (χ2v) is 4.75. The first-order valence-corrected chi connectivity index (χ1v) is 6.29. The zero-order valence-corrected chi connectivity index (χ0v) is 11.9. The van der Waals surface area contributed by atoms with Crippen LogP contribution in [0, 0.1) is 0 Å². The summed E-state index contributed by atoms with van der Waals surface area (Å²) in [6, 6.07) is 4.18. The molecule has 0 aromatic heterocycles. The van der Waals surface area contributed by atoms with Crippen molar-refractivity contribution in [3.05, 3.63) is 28.2 Å². The number of rotatable bonds is 6. The Balaban J connectivity index is 2.84. The lowest BCUT2D eigenvalue weighted by Crippen LogP contribution is -2.37. The van der Waals surface area contributed by atoms with Gasteiger partial charge >= 0.3 is 5.97 Å². The van der Waals surface area contributed by atoms with Crippen molar-refractivity contribution in [2.45, 2.75) is 19.1 Å². The van der Waals surface area contributed by atoms with Crippen LogP contribution >= 0.6 is 15.9 Å². The van der Waals surface area contributed by atoms with Crippen molar-refractivity contribution >= 4 is 33.5 Å². The summed E-state index contributed by atoms with van der Waals surface area (Å²) in [5.74, 6) is -1.66. The van der Waals surface area contributed by atoms with Gasteiger partial charge in [-0.15, -0.1) is 0 Å². The van der Waals surface area contributed by atoms with Crippen LogP contribution in [0.5, 0.6) is 0 Å². The van der Waals surface area contributed by atoms with E-state index in [2.05, 4.69) is 21.2 Å². The van der Waals surface area contributed by atoms with Crippen LogP contribution < -0.4 is 11.1 Å². The van der Waals surface area contributed by atoms with E-state index < -0.39 is 24.3 Å². The first-order chi connectivity index (χ1) is 8.95. The number of halogens is 1. The molecule has 1 atom stereocenters. The minimum Gasteiger partial charge on any atom is -0.481 e. The summed E-state index contributed by atoms with van der Waals surface area (Å²) < 4.78 is 5.84. The van der Waals surface area contributed by atoms with Gasteiger partial charge in [0.25, 0.3) is 0 Å². The van der Waals surface area contributed by atoms with Crippen LogP contribution in [0.25, 0.3) is 0 Å². The Morgan fingerprint density at radius 1 is 1.53 bits per heavy atom. The largest absolute Gasteiger partial charge is 0.481 e. The van der Waals surface area contributed by atoms with Crippen molar-refractivity contribution in [2.24, 2.45) is 5.73 Å². The molecular formula is C12H15BrN2O4. The molecule has 7 heteroatoms. The van der Waals surface area contributed by atoms with Gasteiger partial charge in [-0.25, -0.2) is 0 Å². The standard InChI is InChI=1S/C12H15BrN2O4/c1-19-6-7-8(13)3-2-4-10(7)15-12(18)9(14)5-11(16)17/h2-4,9H,5-6,14H2,1H3,(H,15,18)(H,16,17). The Morgan fingerprint density at radius 3 is 2.79 bits per heavy atom. The number of anilines is 1. The van der Waals surface area contributed by atoms with Crippen molar-refractivity contribution in [3.8, 4) is 0 Å². The molecule has 0 saturated heterocycles. The molecule has 1 unspecified atom stereocenters. The van der Waals surface area contributed by atoms with Gasteiger partial charge in [0.05, 0.1) is 19.1 Å². The smallest absolute Gasteiger partial charge is 0.305 e. The van der Waals surface area contributed by atoms with Crippen molar-refractivity contribution in [1.82, 2.24) is 0 Å². The molecule has 1 rings (SSSR count). The maximum atomic E-state index is 11.8. The lowest BCUT2D eigenvalue weighted by atomic mass is 10.1. The third-order valence-corrected chi connectivity index (χ3v) is 3.14. The number of aliphatic carboxylic acids is 1. The number of carbonyl (C=O) groups is 2. The molecule has 0 fully saturated rings. The lowest BCUT2D eigenvalue weighted by Gasteiger charge is -2.14. The summed E-state index contributed by atoms with van der Waals surface area (Å²) in [6.07, 6.45) is -0.417. The summed E-state index contributed by atoms with van der Waals surface area (Å²) in [5.41, 5.74) is 6.80. The molecule has 0 aliphatic rings. The molecule has 1 aromatic rings. The average molecular weight is 331 g/mol. The van der Waals surface area contributed by atoms with Crippen LogP contribution in [0.2, 0.25) is 0 Å². The van der Waals surface area contributed by atoms with E-state index in [9.17, 15) is 9.59 Å². The van der Waals surface area contributed by atoms with Gasteiger partial charge in [0, 0.05) is 22.8 Å². The third-order valence-electron chi connectivity index (χ3n) is 2.40. The summed E-state index contributed by atoms with van der Waals surface area (Å²) >= 11 is 3.36. The molecule has 4 N–H and O–H groups in total. The van der Waals surface area contributed by atoms with Gasteiger partial charge in [-0.3, -0.25) is 9.59 Å². The van der Waals surface area contributed by atoms with Crippen LogP contribution in [-0.4, -0.2) is 30.1 Å². The molecule has 6 nitrogen and oxygen atoms in total. The molecule has 19 heavy (non-hydrogen) atoms. The molecule has 0 aliphatic heterocycles. The Labute approximate surface area is 119 Å². The van der Waals surface area contributed by atoms with Gasteiger partial charge in [0.1, 0.15) is 0 Å². The lowest BCUT2D eigenvalue weighted by molar-refractivity contribution is -0.138. The van der Waals surface area contributed by atoms with E-state index in [4.69, 9.17) is 15.6 Å². The van der Waals surface area contributed by atoms with Crippen molar-refractivity contribution in [1.29, 1.82) is 0 Å². The van der Waals surface area contributed by atoms with E-state index in [-0.39, 0.29) is 0 Å². The fourth-order valence-electron chi connectivity index (χ4n) is 1.47. The highest BCUT2D eigenvalue weighted by Crippen LogP contribution is 2.25. The van der Waals surface area contributed by atoms with E-state index in [1.54, 1.807) is 19.2 Å². The number of nitrogens with one attached hydrogen (secondary N) is 1. The van der Waals surface area contributed by atoms with Crippen molar-refractivity contribution in [2.75, 3.05) is 12.4 Å². The van der Waals surface area contributed by atoms with Crippen LogP contribution in [0.1, 0.15) is 12.0 Å². The zero-order valence-electron chi connectivity index (χ0n) is 10.4. The third kappa shape index (κ3) is 4.62. The maximum Gasteiger partial charge on any atom is 0.305 e. The van der Waals surface area contributed by atoms with Crippen LogP contribution in [0.15, 0.2) is 22.7 Å². The maximum absolute atomic E-state index is 11.8. The molecule has 104 valence electrons. The number of hydrogen-bond donors (Lipinski definition) is 3. The van der Waals surface area contributed by atoms with Crippen molar-refractivity contribution < 1.29 is 19.4 Å². The first-order valence-electron chi connectivity index (χ1n) is 5.50. The SMILES string of the molecule is COCc1c(Br)cccc1NC(=O)C(N)CC(=O)O. The second-order valence-electron chi connectivity index (χ2n) is 3.89.